The van der Waals surface area contributed by atoms with E-state index in [9.17, 15) is 8.42 Å². The third kappa shape index (κ3) is 3.77. The highest BCUT2D eigenvalue weighted by molar-refractivity contribution is 7.89. The summed E-state index contributed by atoms with van der Waals surface area (Å²) in [5.41, 5.74) is 1.30. The van der Waals surface area contributed by atoms with Crippen molar-refractivity contribution in [3.05, 3.63) is 33.9 Å². The minimum Gasteiger partial charge on any atom is -0.370 e. The van der Waals surface area contributed by atoms with Crippen LogP contribution in [0.15, 0.2) is 23.2 Å². The fourth-order valence-electron chi connectivity index (χ4n) is 3.52. The third-order valence-electron chi connectivity index (χ3n) is 4.97. The van der Waals surface area contributed by atoms with E-state index >= 15 is 0 Å². The summed E-state index contributed by atoms with van der Waals surface area (Å²) < 4.78 is 26.5. The van der Waals surface area contributed by atoms with Crippen LogP contribution in [-0.4, -0.2) is 42.3 Å². The fraction of sp³-hybridized carbons (Fsp3) is 0.556. The first-order chi connectivity index (χ1) is 12.6. The average Bonchev–Trinajstić information content (AvgIpc) is 3.32. The number of rotatable bonds is 6. The van der Waals surface area contributed by atoms with Crippen molar-refractivity contribution in [3.8, 4) is 0 Å². The monoisotopic (exact) mass is 392 g/mol. The molecule has 2 aromatic heterocycles. The molecular formula is C18H24N4O2S2. The molecule has 3 heterocycles. The molecule has 2 aromatic rings. The van der Waals surface area contributed by atoms with Crippen LogP contribution in [0.4, 0.5) is 5.82 Å². The van der Waals surface area contributed by atoms with Crippen molar-refractivity contribution in [2.24, 2.45) is 0 Å². The molecule has 0 spiro atoms. The predicted molar refractivity (Wildman–Crippen MR) is 103 cm³/mol. The van der Waals surface area contributed by atoms with Gasteiger partial charge in [0, 0.05) is 37.1 Å². The molecule has 1 fully saturated rings. The number of hydrogen-bond donors (Lipinski definition) is 1. The number of thiazole rings is 1. The first-order valence-electron chi connectivity index (χ1n) is 9.30. The minimum atomic E-state index is -3.39. The smallest absolute Gasteiger partial charge is 0.244 e. The van der Waals surface area contributed by atoms with Crippen molar-refractivity contribution in [3.63, 3.8) is 0 Å². The summed E-state index contributed by atoms with van der Waals surface area (Å²) in [5.74, 6) is 0.701. The molecule has 0 saturated carbocycles. The number of pyridine rings is 1. The summed E-state index contributed by atoms with van der Waals surface area (Å²) in [6.07, 6.45) is 9.03. The van der Waals surface area contributed by atoms with E-state index < -0.39 is 10.0 Å². The van der Waals surface area contributed by atoms with E-state index in [1.807, 2.05) is 11.3 Å². The van der Waals surface area contributed by atoms with Crippen LogP contribution < -0.4 is 5.32 Å². The molecule has 8 heteroatoms. The van der Waals surface area contributed by atoms with Gasteiger partial charge in [0.1, 0.15) is 10.7 Å². The van der Waals surface area contributed by atoms with Crippen LogP contribution in [0.1, 0.15) is 41.3 Å². The van der Waals surface area contributed by atoms with Crippen molar-refractivity contribution in [1.82, 2.24) is 14.3 Å². The van der Waals surface area contributed by atoms with Gasteiger partial charge in [-0.15, -0.1) is 11.3 Å². The van der Waals surface area contributed by atoms with Crippen molar-refractivity contribution in [2.75, 3.05) is 25.0 Å². The van der Waals surface area contributed by atoms with Gasteiger partial charge >= 0.3 is 0 Å². The number of nitrogens with zero attached hydrogens (tertiary/aromatic N) is 3. The predicted octanol–water partition coefficient (Wildman–Crippen LogP) is 2.86. The van der Waals surface area contributed by atoms with E-state index in [2.05, 4.69) is 10.3 Å². The first kappa shape index (κ1) is 17.9. The number of aromatic nitrogens is 2. The number of anilines is 1. The van der Waals surface area contributed by atoms with Gasteiger partial charge in [-0.25, -0.2) is 18.4 Å². The second-order valence-electron chi connectivity index (χ2n) is 6.85. The molecule has 1 saturated heterocycles. The minimum absolute atomic E-state index is 0.276. The highest BCUT2D eigenvalue weighted by atomic mass is 32.2. The van der Waals surface area contributed by atoms with Crippen LogP contribution >= 0.6 is 11.3 Å². The lowest BCUT2D eigenvalue weighted by Gasteiger charge is -2.15. The molecule has 0 amide bonds. The van der Waals surface area contributed by atoms with E-state index in [1.165, 1.54) is 41.0 Å². The molecule has 1 aliphatic carbocycles. The molecule has 26 heavy (non-hydrogen) atoms. The van der Waals surface area contributed by atoms with Gasteiger partial charge in [-0.1, -0.05) is 0 Å². The lowest BCUT2D eigenvalue weighted by Crippen LogP contribution is -2.27. The summed E-state index contributed by atoms with van der Waals surface area (Å²) >= 11 is 1.83. The fourth-order valence-corrected chi connectivity index (χ4v) is 6.14. The van der Waals surface area contributed by atoms with Crippen LogP contribution in [0.25, 0.3) is 0 Å². The molecule has 4 rings (SSSR count). The lowest BCUT2D eigenvalue weighted by atomic mass is 10.0. The third-order valence-corrected chi connectivity index (χ3v) is 8.07. The molecule has 1 N–H and O–H groups in total. The average molecular weight is 393 g/mol. The number of aryl methyl sites for hydroxylation is 2. The summed E-state index contributed by atoms with van der Waals surface area (Å²) in [7, 11) is -3.39. The van der Waals surface area contributed by atoms with E-state index in [4.69, 9.17) is 4.98 Å². The maximum Gasteiger partial charge on any atom is 0.244 e. The molecule has 1 aliphatic heterocycles. The van der Waals surface area contributed by atoms with Gasteiger partial charge in [0.15, 0.2) is 0 Å². The van der Waals surface area contributed by atoms with Crippen LogP contribution in [-0.2, 0) is 29.3 Å². The van der Waals surface area contributed by atoms with E-state index in [0.717, 1.165) is 32.2 Å². The highest BCUT2D eigenvalue weighted by Crippen LogP contribution is 2.27. The Morgan fingerprint density at radius 3 is 2.65 bits per heavy atom. The van der Waals surface area contributed by atoms with Gasteiger partial charge in [0.2, 0.25) is 10.0 Å². The van der Waals surface area contributed by atoms with Crippen LogP contribution in [0.3, 0.4) is 0 Å². The molecule has 0 unspecified atom stereocenters. The largest absolute Gasteiger partial charge is 0.370 e. The van der Waals surface area contributed by atoms with E-state index in [0.29, 0.717) is 18.9 Å². The van der Waals surface area contributed by atoms with Crippen LogP contribution in [0.2, 0.25) is 0 Å². The Balaban J connectivity index is 1.33. The SMILES string of the molecule is O=S(=O)(c1ccc(NCCc2nc3c(s2)CCCC3)nc1)N1CCCC1. The normalized spacial score (nSPS) is 18.0. The Bertz CT molecular complexity index is 832. The number of fused-ring (bicyclic) bond motifs is 1. The Kier molecular flexibility index (Phi) is 5.24. The lowest BCUT2D eigenvalue weighted by molar-refractivity contribution is 0.477. The maximum absolute atomic E-state index is 12.5. The van der Waals surface area contributed by atoms with Crippen molar-refractivity contribution < 1.29 is 8.42 Å². The van der Waals surface area contributed by atoms with Crippen molar-refractivity contribution >= 4 is 27.2 Å². The quantitative estimate of drug-likeness (QED) is 0.818. The summed E-state index contributed by atoms with van der Waals surface area (Å²) in [6.45, 7) is 1.97. The summed E-state index contributed by atoms with van der Waals surface area (Å²) in [6, 6.07) is 3.39. The van der Waals surface area contributed by atoms with Gasteiger partial charge in [-0.05, 0) is 50.7 Å². The molecule has 0 bridgehead atoms. The topological polar surface area (TPSA) is 75.2 Å². The molecular weight excluding hydrogens is 368 g/mol. The van der Waals surface area contributed by atoms with Crippen LogP contribution in [0, 0.1) is 0 Å². The number of nitrogens with one attached hydrogen (secondary N) is 1. The standard InChI is InChI=1S/C18H24N4O2S2/c23-26(24,22-11-3-4-12-22)14-7-8-17(20-13-14)19-10-9-18-21-15-5-1-2-6-16(15)25-18/h7-8,13H,1-6,9-12H2,(H,19,20). The van der Waals surface area contributed by atoms with Gasteiger partial charge in [0.25, 0.3) is 0 Å². The highest BCUT2D eigenvalue weighted by Gasteiger charge is 2.27. The zero-order valence-electron chi connectivity index (χ0n) is 14.8. The number of hydrogen-bond acceptors (Lipinski definition) is 6. The Hall–Kier alpha value is -1.51. The number of sulfonamides is 1. The molecule has 0 radical (unpaired) electrons. The van der Waals surface area contributed by atoms with Crippen LogP contribution in [0.5, 0.6) is 0 Å². The molecule has 2 aliphatic rings. The van der Waals surface area contributed by atoms with Crippen molar-refractivity contribution in [1.29, 1.82) is 0 Å². The van der Waals surface area contributed by atoms with Gasteiger partial charge in [-0.3, -0.25) is 0 Å². The second kappa shape index (κ2) is 7.62. The summed E-state index contributed by atoms with van der Waals surface area (Å²) in [4.78, 5) is 10.8. The Labute approximate surface area is 158 Å². The van der Waals surface area contributed by atoms with Crippen molar-refractivity contribution in [2.45, 2.75) is 49.8 Å². The maximum atomic E-state index is 12.5. The molecule has 6 nitrogen and oxygen atoms in total. The second-order valence-corrected chi connectivity index (χ2v) is 9.96. The molecule has 140 valence electrons. The van der Waals surface area contributed by atoms with Gasteiger partial charge < -0.3 is 5.32 Å². The first-order valence-corrected chi connectivity index (χ1v) is 11.6. The Morgan fingerprint density at radius 1 is 1.12 bits per heavy atom. The van der Waals surface area contributed by atoms with E-state index in [-0.39, 0.29) is 4.90 Å². The molecule has 0 atom stereocenters. The van der Waals surface area contributed by atoms with Gasteiger partial charge in [-0.2, -0.15) is 4.31 Å². The van der Waals surface area contributed by atoms with E-state index in [1.54, 1.807) is 16.4 Å². The summed E-state index contributed by atoms with van der Waals surface area (Å²) in [5, 5.41) is 4.45. The zero-order chi connectivity index (χ0) is 18.0. The van der Waals surface area contributed by atoms with Gasteiger partial charge in [0.05, 0.1) is 10.7 Å². The zero-order valence-corrected chi connectivity index (χ0v) is 16.4. The Morgan fingerprint density at radius 2 is 1.92 bits per heavy atom. The molecule has 0 aromatic carbocycles.